The average Bonchev–Trinajstić information content (AvgIpc) is 2.60. The predicted molar refractivity (Wildman–Crippen MR) is 104 cm³/mol. The summed E-state index contributed by atoms with van der Waals surface area (Å²) in [4.78, 5) is 43.7. The highest BCUT2D eigenvalue weighted by Gasteiger charge is 2.38. The van der Waals surface area contributed by atoms with Crippen molar-refractivity contribution in [2.45, 2.75) is 131 Å². The van der Waals surface area contributed by atoms with Crippen LogP contribution in [0.2, 0.25) is 0 Å². The Morgan fingerprint density at radius 2 is 0.536 bits per heavy atom. The van der Waals surface area contributed by atoms with Crippen LogP contribution in [0.4, 0.5) is 0 Å². The lowest BCUT2D eigenvalue weighted by Gasteiger charge is -2.35. The minimum absolute atomic E-state index is 0.437. The molecule has 0 saturated heterocycles. The quantitative estimate of drug-likeness (QED) is 0.216. The van der Waals surface area contributed by atoms with Gasteiger partial charge in [0.2, 0.25) is 17.4 Å². The predicted octanol–water partition coefficient (Wildman–Crippen LogP) is 5.75. The van der Waals surface area contributed by atoms with Crippen LogP contribution in [0.15, 0.2) is 0 Å². The van der Waals surface area contributed by atoms with Crippen molar-refractivity contribution in [1.29, 1.82) is 0 Å². The molecule has 2 unspecified atom stereocenters. The van der Waals surface area contributed by atoms with E-state index in [4.69, 9.17) is 39.1 Å². The van der Waals surface area contributed by atoms with E-state index in [2.05, 4.69) is 0 Å². The summed E-state index contributed by atoms with van der Waals surface area (Å²) in [6.45, 7) is 22.0. The Kier molecular flexibility index (Phi) is 10.5. The average molecular weight is 411 g/mol. The molecule has 0 fully saturated rings. The monoisotopic (exact) mass is 410 g/mol. The summed E-state index contributed by atoms with van der Waals surface area (Å²) in [5.41, 5.74) is -0.971. The van der Waals surface area contributed by atoms with E-state index in [0.29, 0.717) is 19.3 Å². The van der Waals surface area contributed by atoms with E-state index in [1.165, 1.54) is 0 Å². The fraction of sp³-hybridized carbons (Fsp3) is 1.00. The third kappa shape index (κ3) is 11.6. The molecule has 0 spiro atoms. The zero-order valence-corrected chi connectivity index (χ0v) is 19.9. The summed E-state index contributed by atoms with van der Waals surface area (Å²) in [6.07, 6.45) is 1.41. The topological polar surface area (TPSA) is 73.8 Å². The van der Waals surface area contributed by atoms with Gasteiger partial charge >= 0.3 is 0 Å². The molecule has 0 rings (SSSR count). The largest absolute Gasteiger partial charge is 0.231 e. The van der Waals surface area contributed by atoms with Gasteiger partial charge in [0, 0.05) is 19.3 Å². The lowest BCUT2D eigenvalue weighted by molar-refractivity contribution is -0.610. The molecule has 8 heteroatoms. The second-order valence-corrected chi connectivity index (χ2v) is 9.35. The van der Waals surface area contributed by atoms with Gasteiger partial charge in [0.25, 0.3) is 0 Å². The zero-order valence-electron chi connectivity index (χ0n) is 19.9. The maximum atomic E-state index is 5.54. The van der Waals surface area contributed by atoms with Crippen molar-refractivity contribution < 1.29 is 39.1 Å². The number of hydrogen-bond acceptors (Lipinski definition) is 8. The molecule has 0 aliphatic heterocycles. The fourth-order valence-corrected chi connectivity index (χ4v) is 1.17. The van der Waals surface area contributed by atoms with Crippen molar-refractivity contribution in [2.75, 3.05) is 0 Å². The lowest BCUT2D eigenvalue weighted by Crippen LogP contribution is -2.43. The summed E-state index contributed by atoms with van der Waals surface area (Å²) >= 11 is 0. The van der Waals surface area contributed by atoms with Gasteiger partial charge in [-0.1, -0.05) is 20.8 Å². The normalized spacial score (nSPS) is 19.7. The van der Waals surface area contributed by atoms with Crippen LogP contribution < -0.4 is 0 Å². The molecule has 8 nitrogen and oxygen atoms in total. The molecule has 0 heterocycles. The molecule has 0 aliphatic rings. The second-order valence-electron chi connectivity index (χ2n) is 9.35. The van der Waals surface area contributed by atoms with E-state index in [-0.39, 0.29) is 0 Å². The van der Waals surface area contributed by atoms with Crippen LogP contribution in [0.3, 0.4) is 0 Å². The fourth-order valence-electron chi connectivity index (χ4n) is 1.17. The van der Waals surface area contributed by atoms with Crippen molar-refractivity contribution in [2.24, 2.45) is 0 Å². The van der Waals surface area contributed by atoms with E-state index in [9.17, 15) is 0 Å². The molecule has 0 bridgehead atoms. The molecule has 0 aliphatic carbocycles. The van der Waals surface area contributed by atoms with Gasteiger partial charge < -0.3 is 0 Å². The molecule has 0 amide bonds. The molecule has 2 atom stereocenters. The number of hydrogen-bond donors (Lipinski definition) is 0. The van der Waals surface area contributed by atoms with E-state index >= 15 is 0 Å². The van der Waals surface area contributed by atoms with Gasteiger partial charge in [0.05, 0.1) is 11.2 Å². The molecular formula is C20H42O8. The van der Waals surface area contributed by atoms with Crippen LogP contribution in [0.1, 0.15) is 102 Å². The van der Waals surface area contributed by atoms with Crippen LogP contribution in [0, 0.1) is 0 Å². The Labute approximate surface area is 170 Å². The van der Waals surface area contributed by atoms with Crippen LogP contribution >= 0.6 is 0 Å². The first kappa shape index (κ1) is 27.7. The standard InChI is InChI=1S/C20H42O8/c1-13-18(10,23-21-16(4,5)6)25-27-20(12,15-3)28-26-19(11,14-2)24-22-17(7,8)9/h13-15H2,1-12H3. The third-order valence-electron chi connectivity index (χ3n) is 3.65. The molecule has 0 saturated carbocycles. The van der Waals surface area contributed by atoms with Gasteiger partial charge in [-0.05, 0) is 62.3 Å². The van der Waals surface area contributed by atoms with Gasteiger partial charge in [0.15, 0.2) is 0 Å². The van der Waals surface area contributed by atoms with Gasteiger partial charge in [-0.25, -0.2) is 9.78 Å². The summed E-state index contributed by atoms with van der Waals surface area (Å²) in [5.74, 6) is -3.44. The summed E-state index contributed by atoms with van der Waals surface area (Å²) in [7, 11) is 0. The molecular weight excluding hydrogens is 368 g/mol. The maximum Gasteiger partial charge on any atom is 0.231 e. The Morgan fingerprint density at radius 3 is 0.679 bits per heavy atom. The highest BCUT2D eigenvalue weighted by molar-refractivity contribution is 4.62. The second kappa shape index (κ2) is 10.6. The summed E-state index contributed by atoms with van der Waals surface area (Å²) in [6, 6.07) is 0. The molecule has 170 valence electrons. The molecule has 0 aromatic heterocycles. The first-order valence-corrected chi connectivity index (χ1v) is 9.98. The van der Waals surface area contributed by atoms with Crippen molar-refractivity contribution in [3.63, 3.8) is 0 Å². The van der Waals surface area contributed by atoms with Crippen molar-refractivity contribution in [1.82, 2.24) is 0 Å². The van der Waals surface area contributed by atoms with Gasteiger partial charge in [0.1, 0.15) is 0 Å². The van der Waals surface area contributed by atoms with Gasteiger partial charge in [-0.3, -0.25) is 0 Å². The van der Waals surface area contributed by atoms with Crippen molar-refractivity contribution in [3.05, 3.63) is 0 Å². The Hall–Kier alpha value is -0.320. The zero-order chi connectivity index (χ0) is 22.3. The molecule has 28 heavy (non-hydrogen) atoms. The van der Waals surface area contributed by atoms with E-state index < -0.39 is 28.6 Å². The van der Waals surface area contributed by atoms with Gasteiger partial charge in [-0.2, -0.15) is 29.3 Å². The highest BCUT2D eigenvalue weighted by Crippen LogP contribution is 2.29. The van der Waals surface area contributed by atoms with E-state index in [0.717, 1.165) is 0 Å². The van der Waals surface area contributed by atoms with Crippen molar-refractivity contribution in [3.8, 4) is 0 Å². The Bertz CT molecular complexity index is 406. The third-order valence-corrected chi connectivity index (χ3v) is 3.65. The van der Waals surface area contributed by atoms with Crippen molar-refractivity contribution >= 4 is 0 Å². The highest BCUT2D eigenvalue weighted by atomic mass is 17.4. The molecule has 0 radical (unpaired) electrons. The molecule has 0 aromatic carbocycles. The van der Waals surface area contributed by atoms with Crippen LogP contribution in [0.5, 0.6) is 0 Å². The van der Waals surface area contributed by atoms with Crippen LogP contribution in [0.25, 0.3) is 0 Å². The smallest absolute Gasteiger partial charge is 0.228 e. The minimum Gasteiger partial charge on any atom is -0.228 e. The maximum absolute atomic E-state index is 5.54. The molecule has 0 aromatic rings. The summed E-state index contributed by atoms with van der Waals surface area (Å²) < 4.78 is 0. The number of rotatable bonds is 13. The van der Waals surface area contributed by atoms with Gasteiger partial charge in [-0.15, -0.1) is 0 Å². The first-order chi connectivity index (χ1) is 12.5. The first-order valence-electron chi connectivity index (χ1n) is 9.98. The summed E-state index contributed by atoms with van der Waals surface area (Å²) in [5, 5.41) is 0. The SMILES string of the molecule is CCC(C)(OOC(C)(C)C)OOC(C)(CC)OOC(C)(CC)OOC(C)(C)C. The van der Waals surface area contributed by atoms with E-state index in [1.807, 2.05) is 62.3 Å². The van der Waals surface area contributed by atoms with E-state index in [1.54, 1.807) is 20.8 Å². The van der Waals surface area contributed by atoms with Crippen LogP contribution in [-0.4, -0.2) is 28.6 Å². The minimum atomic E-state index is -1.21. The Morgan fingerprint density at radius 1 is 0.357 bits per heavy atom. The van der Waals surface area contributed by atoms with Crippen LogP contribution in [-0.2, 0) is 39.1 Å². The lowest BCUT2D eigenvalue weighted by atomic mass is 10.2. The molecule has 0 N–H and O–H groups in total. The Balaban J connectivity index is 4.87.